The molecule has 0 spiro atoms. The summed E-state index contributed by atoms with van der Waals surface area (Å²) in [6, 6.07) is 8.97. The Bertz CT molecular complexity index is 699. The smallest absolute Gasteiger partial charge is 0.223 e. The minimum atomic E-state index is -0.232. The zero-order chi connectivity index (χ0) is 17.5. The highest BCUT2D eigenvalue weighted by atomic mass is 19.1. The van der Waals surface area contributed by atoms with Crippen molar-refractivity contribution in [3.05, 3.63) is 54.1 Å². The van der Waals surface area contributed by atoms with Gasteiger partial charge in [0.05, 0.1) is 0 Å². The van der Waals surface area contributed by atoms with Gasteiger partial charge < -0.3 is 10.2 Å². The summed E-state index contributed by atoms with van der Waals surface area (Å²) in [6.07, 6.45) is 7.29. The van der Waals surface area contributed by atoms with Crippen LogP contribution in [0.15, 0.2) is 42.7 Å². The van der Waals surface area contributed by atoms with Gasteiger partial charge in [-0.3, -0.25) is 9.78 Å². The highest BCUT2D eigenvalue weighted by Gasteiger charge is 2.15. The van der Waals surface area contributed by atoms with Crippen molar-refractivity contribution in [2.75, 3.05) is 19.6 Å². The summed E-state index contributed by atoms with van der Waals surface area (Å²) in [5.41, 5.74) is 2.40. The maximum Gasteiger partial charge on any atom is 0.223 e. The molecular weight excluding hydrogens is 317 g/mol. The van der Waals surface area contributed by atoms with Crippen LogP contribution >= 0.6 is 0 Å². The number of halogens is 1. The number of carbonyl (C=O) groups is 1. The number of benzene rings is 1. The number of likely N-dealkylation sites (tertiary alicyclic amines) is 1. The lowest BCUT2D eigenvalue weighted by atomic mass is 10.0. The van der Waals surface area contributed by atoms with E-state index in [1.807, 2.05) is 23.1 Å². The largest absolute Gasteiger partial charge is 0.343 e. The number of amides is 1. The molecule has 1 amide bonds. The van der Waals surface area contributed by atoms with E-state index in [9.17, 15) is 9.18 Å². The van der Waals surface area contributed by atoms with Gasteiger partial charge in [0.2, 0.25) is 5.91 Å². The number of carbonyl (C=O) groups excluding carboxylic acids is 1. The maximum atomic E-state index is 14.3. The number of hydrogen-bond acceptors (Lipinski definition) is 3. The van der Waals surface area contributed by atoms with Crippen molar-refractivity contribution in [2.24, 2.45) is 0 Å². The first-order valence-electron chi connectivity index (χ1n) is 8.91. The van der Waals surface area contributed by atoms with Gasteiger partial charge in [-0.25, -0.2) is 4.39 Å². The highest BCUT2D eigenvalue weighted by Crippen LogP contribution is 2.21. The molecule has 132 valence electrons. The molecule has 1 fully saturated rings. The van der Waals surface area contributed by atoms with Crippen molar-refractivity contribution in [2.45, 2.75) is 32.2 Å². The zero-order valence-electron chi connectivity index (χ0n) is 14.4. The van der Waals surface area contributed by atoms with E-state index in [0.717, 1.165) is 37.1 Å². The Labute approximate surface area is 148 Å². The molecule has 4 nitrogen and oxygen atoms in total. The zero-order valence-corrected chi connectivity index (χ0v) is 14.4. The fourth-order valence-electron chi connectivity index (χ4n) is 3.13. The predicted molar refractivity (Wildman–Crippen MR) is 96.4 cm³/mol. The molecule has 5 heteroatoms. The van der Waals surface area contributed by atoms with Gasteiger partial charge >= 0.3 is 0 Å². The summed E-state index contributed by atoms with van der Waals surface area (Å²) in [4.78, 5) is 18.0. The average Bonchev–Trinajstić information content (AvgIpc) is 2.67. The third kappa shape index (κ3) is 4.86. The van der Waals surface area contributed by atoms with E-state index in [1.165, 1.54) is 6.42 Å². The number of hydrogen-bond donors (Lipinski definition) is 1. The first-order valence-corrected chi connectivity index (χ1v) is 8.91. The number of piperidine rings is 1. The van der Waals surface area contributed by atoms with E-state index in [0.29, 0.717) is 25.1 Å². The Balaban J connectivity index is 1.47. The Morgan fingerprint density at radius 2 is 1.84 bits per heavy atom. The topological polar surface area (TPSA) is 45.2 Å². The minimum Gasteiger partial charge on any atom is -0.343 e. The average molecular weight is 341 g/mol. The summed E-state index contributed by atoms with van der Waals surface area (Å²) in [5.74, 6) is -0.0372. The summed E-state index contributed by atoms with van der Waals surface area (Å²) < 4.78 is 14.3. The van der Waals surface area contributed by atoms with E-state index in [2.05, 4.69) is 10.3 Å². The number of aromatic nitrogens is 1. The fourth-order valence-corrected chi connectivity index (χ4v) is 3.13. The van der Waals surface area contributed by atoms with Crippen LogP contribution in [0.4, 0.5) is 4.39 Å². The molecule has 1 aromatic heterocycles. The van der Waals surface area contributed by atoms with Crippen LogP contribution in [0.25, 0.3) is 11.1 Å². The van der Waals surface area contributed by atoms with Crippen molar-refractivity contribution in [3.63, 3.8) is 0 Å². The van der Waals surface area contributed by atoms with Gasteiger partial charge in [-0.15, -0.1) is 0 Å². The van der Waals surface area contributed by atoms with E-state index in [1.54, 1.807) is 24.5 Å². The first kappa shape index (κ1) is 17.5. The predicted octanol–water partition coefficient (Wildman–Crippen LogP) is 3.38. The normalized spacial score (nSPS) is 14.5. The first-order chi connectivity index (χ1) is 12.2. The monoisotopic (exact) mass is 341 g/mol. The molecule has 1 N–H and O–H groups in total. The molecule has 0 radical (unpaired) electrons. The van der Waals surface area contributed by atoms with Crippen LogP contribution in [0.5, 0.6) is 0 Å². The second kappa shape index (κ2) is 8.72. The Hall–Kier alpha value is -2.27. The van der Waals surface area contributed by atoms with Crippen LogP contribution in [-0.2, 0) is 11.3 Å². The number of pyridine rings is 1. The van der Waals surface area contributed by atoms with Crippen LogP contribution in [0.3, 0.4) is 0 Å². The molecular formula is C20H24FN3O. The molecule has 1 aromatic carbocycles. The van der Waals surface area contributed by atoms with Gasteiger partial charge in [0.1, 0.15) is 5.82 Å². The van der Waals surface area contributed by atoms with Crippen molar-refractivity contribution >= 4 is 5.91 Å². The summed E-state index contributed by atoms with van der Waals surface area (Å²) in [7, 11) is 0. The second-order valence-electron chi connectivity index (χ2n) is 6.41. The molecule has 0 saturated carbocycles. The Morgan fingerprint density at radius 1 is 1.08 bits per heavy atom. The van der Waals surface area contributed by atoms with Gasteiger partial charge in [0.15, 0.2) is 0 Å². The maximum absolute atomic E-state index is 14.3. The van der Waals surface area contributed by atoms with E-state index < -0.39 is 0 Å². The van der Waals surface area contributed by atoms with Crippen molar-refractivity contribution in [1.29, 1.82) is 0 Å². The summed E-state index contributed by atoms with van der Waals surface area (Å²) >= 11 is 0. The van der Waals surface area contributed by atoms with Crippen LogP contribution < -0.4 is 5.32 Å². The van der Waals surface area contributed by atoms with Crippen LogP contribution in [-0.4, -0.2) is 35.4 Å². The van der Waals surface area contributed by atoms with E-state index in [4.69, 9.17) is 0 Å². The van der Waals surface area contributed by atoms with Crippen molar-refractivity contribution < 1.29 is 9.18 Å². The lowest BCUT2D eigenvalue weighted by molar-refractivity contribution is -0.131. The van der Waals surface area contributed by atoms with Crippen molar-refractivity contribution in [1.82, 2.24) is 15.2 Å². The lowest BCUT2D eigenvalue weighted by Crippen LogP contribution is -2.37. The molecule has 1 saturated heterocycles. The molecule has 1 aliphatic rings. The van der Waals surface area contributed by atoms with Crippen LogP contribution in [0, 0.1) is 5.82 Å². The van der Waals surface area contributed by atoms with E-state index in [-0.39, 0.29) is 11.7 Å². The molecule has 2 aromatic rings. The molecule has 25 heavy (non-hydrogen) atoms. The molecule has 0 bridgehead atoms. The number of nitrogens with zero attached hydrogens (tertiary/aromatic N) is 2. The minimum absolute atomic E-state index is 0.195. The molecule has 1 aliphatic heterocycles. The number of nitrogens with one attached hydrogen (secondary N) is 1. The standard InChI is InChI=1S/C20H24FN3O/c21-19-14-17(16-6-9-22-10-7-16)4-5-18(19)15-23-11-8-20(25)24-12-2-1-3-13-24/h4-7,9-10,14,23H,1-3,8,11-13,15H2. The SMILES string of the molecule is O=C(CCNCc1ccc(-c2ccncc2)cc1F)N1CCCCC1. The highest BCUT2D eigenvalue weighted by molar-refractivity contribution is 5.76. The van der Waals surface area contributed by atoms with Gasteiger partial charge in [-0.05, 0) is 48.6 Å². The summed E-state index contributed by atoms with van der Waals surface area (Å²) in [6.45, 7) is 2.75. The van der Waals surface area contributed by atoms with Crippen molar-refractivity contribution in [3.8, 4) is 11.1 Å². The van der Waals surface area contributed by atoms with Crippen LogP contribution in [0.1, 0.15) is 31.2 Å². The Morgan fingerprint density at radius 3 is 2.56 bits per heavy atom. The van der Waals surface area contributed by atoms with Crippen LogP contribution in [0.2, 0.25) is 0 Å². The number of rotatable bonds is 6. The summed E-state index contributed by atoms with van der Waals surface area (Å²) in [5, 5.41) is 3.17. The van der Waals surface area contributed by atoms with Gasteiger partial charge in [0, 0.05) is 50.6 Å². The fraction of sp³-hybridized carbons (Fsp3) is 0.400. The lowest BCUT2D eigenvalue weighted by Gasteiger charge is -2.26. The van der Waals surface area contributed by atoms with Gasteiger partial charge in [-0.1, -0.05) is 12.1 Å². The Kier molecular flexibility index (Phi) is 6.12. The quantitative estimate of drug-likeness (QED) is 0.819. The molecule has 2 heterocycles. The second-order valence-corrected chi connectivity index (χ2v) is 6.41. The van der Waals surface area contributed by atoms with E-state index >= 15 is 0 Å². The van der Waals surface area contributed by atoms with Gasteiger partial charge in [0.25, 0.3) is 0 Å². The molecule has 0 aliphatic carbocycles. The third-order valence-electron chi connectivity index (χ3n) is 4.61. The molecule has 0 unspecified atom stereocenters. The molecule has 3 rings (SSSR count). The van der Waals surface area contributed by atoms with Gasteiger partial charge in [-0.2, -0.15) is 0 Å². The molecule has 0 atom stereocenters. The third-order valence-corrected chi connectivity index (χ3v) is 4.61.